The average molecular weight is 500 g/mol. The number of aromatic nitrogens is 5. The molecule has 4 heterocycles. The molecule has 0 radical (unpaired) electrons. The maximum Gasteiger partial charge on any atom is 0.253 e. The van der Waals surface area contributed by atoms with Crippen LogP contribution in [-0.4, -0.2) is 69.0 Å². The van der Waals surface area contributed by atoms with E-state index in [0.29, 0.717) is 17.9 Å². The summed E-state index contributed by atoms with van der Waals surface area (Å²) in [6, 6.07) is 16.3. The fourth-order valence-electron chi connectivity index (χ4n) is 5.79. The molecule has 0 spiro atoms. The Labute approximate surface area is 216 Å². The van der Waals surface area contributed by atoms with Crippen LogP contribution in [0.15, 0.2) is 53.3 Å². The van der Waals surface area contributed by atoms with Crippen LogP contribution < -0.4 is 10.5 Å². The van der Waals surface area contributed by atoms with Crippen molar-refractivity contribution in [2.45, 2.75) is 45.4 Å². The summed E-state index contributed by atoms with van der Waals surface area (Å²) < 4.78 is 7.72. The van der Waals surface area contributed by atoms with Gasteiger partial charge in [-0.1, -0.05) is 24.3 Å². The van der Waals surface area contributed by atoms with Crippen LogP contribution >= 0.6 is 0 Å². The number of pyridine rings is 1. The molecule has 4 aromatic rings. The van der Waals surface area contributed by atoms with Crippen LogP contribution in [0, 0.1) is 13.8 Å². The van der Waals surface area contributed by atoms with E-state index in [-0.39, 0.29) is 17.7 Å². The Morgan fingerprint density at radius 1 is 1.08 bits per heavy atom. The fourth-order valence-corrected chi connectivity index (χ4v) is 5.79. The molecule has 2 fully saturated rings. The number of H-pyrrole nitrogens is 1. The number of hydrogen-bond donors (Lipinski definition) is 1. The molecule has 2 aliphatic heterocycles. The number of anilines is 1. The Hall–Kier alpha value is -3.56. The summed E-state index contributed by atoms with van der Waals surface area (Å²) >= 11 is 0. The second-order valence-electron chi connectivity index (χ2n) is 10.2. The van der Waals surface area contributed by atoms with Crippen LogP contribution in [0.25, 0.3) is 10.9 Å². The third-order valence-electron chi connectivity index (χ3n) is 7.64. The van der Waals surface area contributed by atoms with Crippen LogP contribution in [0.3, 0.4) is 0 Å². The van der Waals surface area contributed by atoms with E-state index in [4.69, 9.17) is 4.74 Å². The number of aromatic amines is 1. The van der Waals surface area contributed by atoms with Gasteiger partial charge in [0, 0.05) is 54.9 Å². The van der Waals surface area contributed by atoms with Gasteiger partial charge in [-0.15, -0.1) is 5.10 Å². The second kappa shape index (κ2) is 10.1. The van der Waals surface area contributed by atoms with Gasteiger partial charge in [0.05, 0.1) is 12.6 Å². The topological polar surface area (TPSA) is 92.2 Å². The van der Waals surface area contributed by atoms with Crippen LogP contribution in [-0.2, 0) is 11.3 Å². The van der Waals surface area contributed by atoms with Gasteiger partial charge in [0.15, 0.2) is 5.82 Å². The maximum atomic E-state index is 13.6. The molecule has 0 unspecified atom stereocenters. The first kappa shape index (κ1) is 23.8. The van der Waals surface area contributed by atoms with Gasteiger partial charge in [0.25, 0.3) is 5.56 Å². The summed E-state index contributed by atoms with van der Waals surface area (Å²) in [7, 11) is 0. The normalized spacial score (nSPS) is 19.5. The van der Waals surface area contributed by atoms with Crippen LogP contribution in [0.2, 0.25) is 0 Å². The van der Waals surface area contributed by atoms with Crippen molar-refractivity contribution < 1.29 is 4.74 Å². The van der Waals surface area contributed by atoms with Crippen molar-refractivity contribution in [1.29, 1.82) is 0 Å². The largest absolute Gasteiger partial charge is 0.376 e. The number of piperazine rings is 1. The zero-order valence-electron chi connectivity index (χ0n) is 21.4. The van der Waals surface area contributed by atoms with E-state index in [2.05, 4.69) is 67.6 Å². The third-order valence-corrected chi connectivity index (χ3v) is 7.64. The Morgan fingerprint density at radius 2 is 1.89 bits per heavy atom. The molecule has 2 aromatic heterocycles. The molecule has 0 saturated carbocycles. The minimum atomic E-state index is -0.358. The minimum Gasteiger partial charge on any atom is -0.376 e. The van der Waals surface area contributed by atoms with E-state index in [9.17, 15) is 4.79 Å². The second-order valence-corrected chi connectivity index (χ2v) is 10.2. The number of para-hydroxylation sites is 1. The molecule has 6 rings (SSSR count). The summed E-state index contributed by atoms with van der Waals surface area (Å²) in [5, 5.41) is 13.9. The van der Waals surface area contributed by atoms with Crippen LogP contribution in [0.1, 0.15) is 41.4 Å². The van der Waals surface area contributed by atoms with E-state index in [0.717, 1.165) is 67.7 Å². The Bertz CT molecular complexity index is 1430. The molecule has 2 aromatic carbocycles. The van der Waals surface area contributed by atoms with Gasteiger partial charge >= 0.3 is 0 Å². The highest BCUT2D eigenvalue weighted by atomic mass is 16.5. The summed E-state index contributed by atoms with van der Waals surface area (Å²) in [6.07, 6.45) is 2.14. The lowest BCUT2D eigenvalue weighted by molar-refractivity contribution is 0.0906. The van der Waals surface area contributed by atoms with Gasteiger partial charge in [-0.2, -0.15) is 0 Å². The summed E-state index contributed by atoms with van der Waals surface area (Å²) in [5.41, 5.74) is 4.92. The summed E-state index contributed by atoms with van der Waals surface area (Å²) in [5.74, 6) is 0.693. The molecule has 1 N–H and O–H groups in total. The SMILES string of the molecule is Cc1cc(C)c2cc([C@@H](c3nnnn3C[C@@H]3CCCO3)N3CCN(c4ccccc4)CC3)c(=O)[nH]c2c1. The molecule has 9 nitrogen and oxygen atoms in total. The highest BCUT2D eigenvalue weighted by Crippen LogP contribution is 2.30. The summed E-state index contributed by atoms with van der Waals surface area (Å²) in [4.78, 5) is 21.5. The predicted octanol–water partition coefficient (Wildman–Crippen LogP) is 3.22. The lowest BCUT2D eigenvalue weighted by Gasteiger charge is -2.39. The minimum absolute atomic E-state index is 0.0953. The van der Waals surface area contributed by atoms with Gasteiger partial charge < -0.3 is 14.6 Å². The van der Waals surface area contributed by atoms with Crippen molar-refractivity contribution in [2.75, 3.05) is 37.7 Å². The van der Waals surface area contributed by atoms with E-state index in [1.54, 1.807) is 0 Å². The smallest absolute Gasteiger partial charge is 0.253 e. The van der Waals surface area contributed by atoms with E-state index >= 15 is 0 Å². The standard InChI is InChI=1S/C28H33N7O2/c1-19-15-20(2)23-17-24(28(36)29-25(23)16-19)26(27-30-31-32-35(27)18-22-9-6-14-37-22)34-12-10-33(11-13-34)21-7-4-3-5-8-21/h3-5,7-8,15-17,22,26H,6,9-14,18H2,1-2H3,(H,29,36)/t22-,26-/m0/s1. The van der Waals surface area contributed by atoms with Crippen molar-refractivity contribution in [3.63, 3.8) is 0 Å². The molecular weight excluding hydrogens is 466 g/mol. The first-order chi connectivity index (χ1) is 18.1. The monoisotopic (exact) mass is 499 g/mol. The number of benzene rings is 2. The van der Waals surface area contributed by atoms with Crippen molar-refractivity contribution >= 4 is 16.6 Å². The number of aryl methyl sites for hydroxylation is 2. The molecule has 0 bridgehead atoms. The first-order valence-corrected chi connectivity index (χ1v) is 13.1. The molecule has 192 valence electrons. The molecule has 2 atom stereocenters. The fraction of sp³-hybridized carbons (Fsp3) is 0.429. The first-order valence-electron chi connectivity index (χ1n) is 13.1. The molecular formula is C28H33N7O2. The van der Waals surface area contributed by atoms with Crippen molar-refractivity contribution in [2.24, 2.45) is 0 Å². The zero-order valence-corrected chi connectivity index (χ0v) is 21.4. The number of tetrazole rings is 1. The molecule has 37 heavy (non-hydrogen) atoms. The third kappa shape index (κ3) is 4.76. The molecule has 9 heteroatoms. The Balaban J connectivity index is 1.39. The zero-order chi connectivity index (χ0) is 25.4. The molecule has 2 saturated heterocycles. The van der Waals surface area contributed by atoms with E-state index in [1.165, 1.54) is 5.69 Å². The molecule has 0 amide bonds. The maximum absolute atomic E-state index is 13.6. The number of nitrogens with one attached hydrogen (secondary N) is 1. The number of hydrogen-bond acceptors (Lipinski definition) is 7. The number of nitrogens with zero attached hydrogens (tertiary/aromatic N) is 6. The lowest BCUT2D eigenvalue weighted by atomic mass is 9.99. The van der Waals surface area contributed by atoms with Crippen molar-refractivity contribution in [1.82, 2.24) is 30.1 Å². The quantitative estimate of drug-likeness (QED) is 0.435. The number of rotatable bonds is 6. The predicted molar refractivity (Wildman–Crippen MR) is 143 cm³/mol. The van der Waals surface area contributed by atoms with Gasteiger partial charge in [-0.05, 0) is 72.5 Å². The number of fused-ring (bicyclic) bond motifs is 1. The van der Waals surface area contributed by atoms with Gasteiger partial charge in [-0.25, -0.2) is 4.68 Å². The van der Waals surface area contributed by atoms with Crippen molar-refractivity contribution in [3.8, 4) is 0 Å². The van der Waals surface area contributed by atoms with Crippen LogP contribution in [0.5, 0.6) is 0 Å². The molecule has 0 aliphatic carbocycles. The molecule has 2 aliphatic rings. The van der Waals surface area contributed by atoms with Gasteiger partial charge in [-0.3, -0.25) is 9.69 Å². The number of ether oxygens (including phenoxy) is 1. The Kier molecular flexibility index (Phi) is 6.48. The van der Waals surface area contributed by atoms with Gasteiger partial charge in [0.2, 0.25) is 0 Å². The van der Waals surface area contributed by atoms with Crippen molar-refractivity contribution in [3.05, 3.63) is 81.4 Å². The Morgan fingerprint density at radius 3 is 2.65 bits per heavy atom. The average Bonchev–Trinajstić information content (AvgIpc) is 3.59. The highest BCUT2D eigenvalue weighted by Gasteiger charge is 2.33. The lowest BCUT2D eigenvalue weighted by Crippen LogP contribution is -2.49. The van der Waals surface area contributed by atoms with Gasteiger partial charge in [0.1, 0.15) is 6.04 Å². The summed E-state index contributed by atoms with van der Waals surface area (Å²) in [6.45, 7) is 8.80. The van der Waals surface area contributed by atoms with E-state index < -0.39 is 0 Å². The highest BCUT2D eigenvalue weighted by molar-refractivity contribution is 5.83. The van der Waals surface area contributed by atoms with E-state index in [1.807, 2.05) is 29.8 Å². The van der Waals surface area contributed by atoms with Crippen LogP contribution in [0.4, 0.5) is 5.69 Å².